The van der Waals surface area contributed by atoms with Crippen LogP contribution in [0.15, 0.2) is 28.7 Å². The first kappa shape index (κ1) is 14.5. The Morgan fingerprint density at radius 2 is 2.15 bits per heavy atom. The lowest BCUT2D eigenvalue weighted by atomic mass is 10.2. The third kappa shape index (κ3) is 4.66. The van der Waals surface area contributed by atoms with Crippen LogP contribution in [-0.2, 0) is 13.2 Å². The van der Waals surface area contributed by atoms with Crippen molar-refractivity contribution in [3.63, 3.8) is 0 Å². The predicted molar refractivity (Wildman–Crippen MR) is 76.4 cm³/mol. The lowest BCUT2D eigenvalue weighted by Crippen LogP contribution is -2.18. The van der Waals surface area contributed by atoms with Gasteiger partial charge in [0, 0.05) is 13.5 Å². The van der Waals surface area contributed by atoms with E-state index in [2.05, 4.69) is 35.4 Å². The van der Waals surface area contributed by atoms with Crippen LogP contribution >= 0.6 is 0 Å². The summed E-state index contributed by atoms with van der Waals surface area (Å²) in [7, 11) is 0. The lowest BCUT2D eigenvalue weighted by Gasteiger charge is -2.09. The first-order valence-electron chi connectivity index (χ1n) is 6.85. The zero-order valence-corrected chi connectivity index (χ0v) is 12.2. The van der Waals surface area contributed by atoms with Crippen molar-refractivity contribution in [3.8, 4) is 5.75 Å². The second kappa shape index (κ2) is 7.05. The molecule has 1 aromatic heterocycles. The Hall–Kier alpha value is -1.88. The maximum atomic E-state index is 5.65. The largest absolute Gasteiger partial charge is 0.484 e. The standard InChI is InChI=1S/C15H21N3O2/c1-11(2)8-16-9-13-5-4-6-14(7-13)19-10-15-18-17-12(3)20-15/h4-7,11,16H,8-10H2,1-3H3. The summed E-state index contributed by atoms with van der Waals surface area (Å²) < 4.78 is 10.9. The average Bonchev–Trinajstić information content (AvgIpc) is 2.82. The molecule has 0 bridgehead atoms. The molecule has 0 saturated carbocycles. The first-order valence-corrected chi connectivity index (χ1v) is 6.85. The van der Waals surface area contributed by atoms with Crippen molar-refractivity contribution in [2.75, 3.05) is 6.54 Å². The van der Waals surface area contributed by atoms with E-state index in [1.54, 1.807) is 6.92 Å². The molecule has 0 fully saturated rings. The fraction of sp³-hybridized carbons (Fsp3) is 0.467. The van der Waals surface area contributed by atoms with Gasteiger partial charge in [-0.1, -0.05) is 26.0 Å². The minimum Gasteiger partial charge on any atom is -0.484 e. The van der Waals surface area contributed by atoms with E-state index in [4.69, 9.17) is 9.15 Å². The quantitative estimate of drug-likeness (QED) is 0.842. The van der Waals surface area contributed by atoms with Gasteiger partial charge in [-0.2, -0.15) is 0 Å². The molecule has 2 rings (SSSR count). The number of rotatable bonds is 7. The van der Waals surface area contributed by atoms with E-state index in [0.717, 1.165) is 18.8 Å². The van der Waals surface area contributed by atoms with E-state index in [1.165, 1.54) is 5.56 Å². The number of benzene rings is 1. The van der Waals surface area contributed by atoms with E-state index in [0.29, 0.717) is 24.3 Å². The summed E-state index contributed by atoms with van der Waals surface area (Å²) in [5.74, 6) is 2.50. The van der Waals surface area contributed by atoms with Crippen LogP contribution in [0.5, 0.6) is 5.75 Å². The summed E-state index contributed by atoms with van der Waals surface area (Å²) in [6, 6.07) is 8.02. The molecule has 5 heteroatoms. The molecule has 0 radical (unpaired) electrons. The van der Waals surface area contributed by atoms with Crippen LogP contribution in [0, 0.1) is 12.8 Å². The van der Waals surface area contributed by atoms with Gasteiger partial charge in [-0.25, -0.2) is 0 Å². The highest BCUT2D eigenvalue weighted by Crippen LogP contribution is 2.15. The maximum Gasteiger partial charge on any atom is 0.253 e. The smallest absolute Gasteiger partial charge is 0.253 e. The molecule has 0 atom stereocenters. The summed E-state index contributed by atoms with van der Waals surface area (Å²) in [6.45, 7) is 8.29. The third-order valence-corrected chi connectivity index (χ3v) is 2.71. The fourth-order valence-electron chi connectivity index (χ4n) is 1.79. The SMILES string of the molecule is Cc1nnc(COc2cccc(CNCC(C)C)c2)o1. The molecule has 0 aliphatic carbocycles. The Morgan fingerprint density at radius 1 is 1.30 bits per heavy atom. The van der Waals surface area contributed by atoms with Crippen LogP contribution in [-0.4, -0.2) is 16.7 Å². The highest BCUT2D eigenvalue weighted by atomic mass is 16.5. The molecule has 108 valence electrons. The Kier molecular flexibility index (Phi) is 5.12. The molecule has 0 spiro atoms. The minimum atomic E-state index is 0.295. The third-order valence-electron chi connectivity index (χ3n) is 2.71. The van der Waals surface area contributed by atoms with Crippen LogP contribution in [0.2, 0.25) is 0 Å². The molecule has 0 aliphatic rings. The van der Waals surface area contributed by atoms with E-state index in [-0.39, 0.29) is 0 Å². The molecule has 1 heterocycles. The molecule has 0 saturated heterocycles. The summed E-state index contributed by atoms with van der Waals surface area (Å²) in [5.41, 5.74) is 1.20. The highest BCUT2D eigenvalue weighted by Gasteiger charge is 2.04. The van der Waals surface area contributed by atoms with Crippen LogP contribution in [0.4, 0.5) is 0 Å². The van der Waals surface area contributed by atoms with Crippen molar-refractivity contribution in [3.05, 3.63) is 41.6 Å². The minimum absolute atomic E-state index is 0.295. The van der Waals surface area contributed by atoms with Gasteiger partial charge in [-0.3, -0.25) is 0 Å². The normalized spacial score (nSPS) is 11.0. The van der Waals surface area contributed by atoms with E-state index in [9.17, 15) is 0 Å². The summed E-state index contributed by atoms with van der Waals surface area (Å²) in [4.78, 5) is 0. The van der Waals surface area contributed by atoms with E-state index < -0.39 is 0 Å². The zero-order chi connectivity index (χ0) is 14.4. The Balaban J connectivity index is 1.85. The lowest BCUT2D eigenvalue weighted by molar-refractivity contribution is 0.260. The number of aromatic nitrogens is 2. The number of nitrogens with one attached hydrogen (secondary N) is 1. The van der Waals surface area contributed by atoms with Crippen molar-refractivity contribution in [1.82, 2.24) is 15.5 Å². The fourth-order valence-corrected chi connectivity index (χ4v) is 1.79. The molecular formula is C15H21N3O2. The second-order valence-electron chi connectivity index (χ2n) is 5.18. The van der Waals surface area contributed by atoms with Crippen molar-refractivity contribution < 1.29 is 9.15 Å². The molecule has 5 nitrogen and oxygen atoms in total. The van der Waals surface area contributed by atoms with Gasteiger partial charge in [0.1, 0.15) is 5.75 Å². The average molecular weight is 275 g/mol. The van der Waals surface area contributed by atoms with Crippen LogP contribution in [0.3, 0.4) is 0 Å². The molecule has 1 aromatic carbocycles. The van der Waals surface area contributed by atoms with Gasteiger partial charge >= 0.3 is 0 Å². The molecule has 0 unspecified atom stereocenters. The summed E-state index contributed by atoms with van der Waals surface area (Å²) in [5, 5.41) is 11.1. The molecule has 2 aromatic rings. The van der Waals surface area contributed by atoms with Gasteiger partial charge in [0.15, 0.2) is 6.61 Å². The van der Waals surface area contributed by atoms with Gasteiger partial charge in [-0.05, 0) is 30.2 Å². The van der Waals surface area contributed by atoms with Crippen molar-refractivity contribution >= 4 is 0 Å². The Labute approximate surface area is 119 Å². The first-order chi connectivity index (χ1) is 9.63. The van der Waals surface area contributed by atoms with Gasteiger partial charge in [-0.15, -0.1) is 10.2 Å². The molecule has 0 aliphatic heterocycles. The molecule has 0 amide bonds. The topological polar surface area (TPSA) is 60.2 Å². The Bertz CT molecular complexity index is 537. The second-order valence-corrected chi connectivity index (χ2v) is 5.18. The molecule has 20 heavy (non-hydrogen) atoms. The van der Waals surface area contributed by atoms with E-state index >= 15 is 0 Å². The number of ether oxygens (including phenoxy) is 1. The van der Waals surface area contributed by atoms with Crippen molar-refractivity contribution in [2.24, 2.45) is 5.92 Å². The van der Waals surface area contributed by atoms with Gasteiger partial charge < -0.3 is 14.5 Å². The molecular weight excluding hydrogens is 254 g/mol. The van der Waals surface area contributed by atoms with Crippen molar-refractivity contribution in [2.45, 2.75) is 33.9 Å². The molecule has 1 N–H and O–H groups in total. The van der Waals surface area contributed by atoms with Gasteiger partial charge in [0.2, 0.25) is 5.89 Å². The van der Waals surface area contributed by atoms with Crippen molar-refractivity contribution in [1.29, 1.82) is 0 Å². The van der Waals surface area contributed by atoms with Gasteiger partial charge in [0.05, 0.1) is 0 Å². The van der Waals surface area contributed by atoms with Gasteiger partial charge in [0.25, 0.3) is 5.89 Å². The predicted octanol–water partition coefficient (Wildman–Crippen LogP) is 2.70. The Morgan fingerprint density at radius 3 is 2.85 bits per heavy atom. The van der Waals surface area contributed by atoms with Crippen LogP contribution in [0.1, 0.15) is 31.2 Å². The number of nitrogens with zero attached hydrogens (tertiary/aromatic N) is 2. The zero-order valence-electron chi connectivity index (χ0n) is 12.2. The summed E-state index contributed by atoms with van der Waals surface area (Å²) >= 11 is 0. The monoisotopic (exact) mass is 275 g/mol. The maximum absolute atomic E-state index is 5.65. The number of hydrogen-bond donors (Lipinski definition) is 1. The highest BCUT2D eigenvalue weighted by molar-refractivity contribution is 5.28. The van der Waals surface area contributed by atoms with Crippen LogP contribution < -0.4 is 10.1 Å². The summed E-state index contributed by atoms with van der Waals surface area (Å²) in [6.07, 6.45) is 0. The van der Waals surface area contributed by atoms with E-state index in [1.807, 2.05) is 18.2 Å². The number of aryl methyl sites for hydroxylation is 1. The van der Waals surface area contributed by atoms with Crippen LogP contribution in [0.25, 0.3) is 0 Å². The number of hydrogen-bond acceptors (Lipinski definition) is 5.